The minimum Gasteiger partial charge on any atom is -0.508 e. The fourth-order valence-corrected chi connectivity index (χ4v) is 2.17. The predicted octanol–water partition coefficient (Wildman–Crippen LogP) is 3.90. The van der Waals surface area contributed by atoms with Crippen LogP contribution in [-0.2, 0) is 6.54 Å². The molecule has 1 atom stereocenters. The van der Waals surface area contributed by atoms with Crippen LogP contribution in [0.4, 0.5) is 0 Å². The van der Waals surface area contributed by atoms with Gasteiger partial charge in [-0.2, -0.15) is 0 Å². The number of halogens is 1. The zero-order chi connectivity index (χ0) is 13.0. The van der Waals surface area contributed by atoms with E-state index in [0.29, 0.717) is 12.3 Å². The fourth-order valence-electron chi connectivity index (χ4n) is 1.87. The van der Waals surface area contributed by atoms with E-state index in [1.807, 2.05) is 36.4 Å². The quantitative estimate of drug-likeness (QED) is 0.875. The Morgan fingerprint density at radius 2 is 1.94 bits per heavy atom. The number of hydrogen-bond donors (Lipinski definition) is 2. The van der Waals surface area contributed by atoms with Crippen LogP contribution in [0.1, 0.15) is 24.1 Å². The van der Waals surface area contributed by atoms with Crippen molar-refractivity contribution in [3.05, 3.63) is 64.7 Å². The summed E-state index contributed by atoms with van der Waals surface area (Å²) in [6, 6.07) is 15.2. The lowest BCUT2D eigenvalue weighted by molar-refractivity contribution is 0.473. The third-order valence-electron chi connectivity index (χ3n) is 2.89. The highest BCUT2D eigenvalue weighted by molar-refractivity contribution is 6.31. The first-order valence-electron chi connectivity index (χ1n) is 5.92. The topological polar surface area (TPSA) is 32.3 Å². The van der Waals surface area contributed by atoms with Crippen LogP contribution in [0.3, 0.4) is 0 Å². The van der Waals surface area contributed by atoms with E-state index in [0.717, 1.165) is 16.1 Å². The van der Waals surface area contributed by atoms with E-state index < -0.39 is 0 Å². The summed E-state index contributed by atoms with van der Waals surface area (Å²) in [5, 5.41) is 13.5. The van der Waals surface area contributed by atoms with Crippen LogP contribution in [0, 0.1) is 0 Å². The smallest absolute Gasteiger partial charge is 0.115 e. The van der Waals surface area contributed by atoms with Gasteiger partial charge in [-0.3, -0.25) is 0 Å². The minimum atomic E-state index is 0.168. The second kappa shape index (κ2) is 5.89. The maximum Gasteiger partial charge on any atom is 0.115 e. The van der Waals surface area contributed by atoms with Gasteiger partial charge in [0.05, 0.1) is 0 Å². The molecule has 2 aromatic rings. The Morgan fingerprint density at radius 1 is 1.17 bits per heavy atom. The molecule has 0 fully saturated rings. The molecule has 0 spiro atoms. The van der Waals surface area contributed by atoms with Crippen molar-refractivity contribution >= 4 is 11.6 Å². The van der Waals surface area contributed by atoms with Crippen molar-refractivity contribution in [2.24, 2.45) is 0 Å². The summed E-state index contributed by atoms with van der Waals surface area (Å²) in [5.41, 5.74) is 2.13. The Morgan fingerprint density at radius 3 is 2.67 bits per heavy atom. The van der Waals surface area contributed by atoms with E-state index in [4.69, 9.17) is 11.6 Å². The van der Waals surface area contributed by atoms with Crippen molar-refractivity contribution in [3.63, 3.8) is 0 Å². The number of phenols is 1. The number of aromatic hydroxyl groups is 1. The molecule has 0 bridgehead atoms. The Bertz CT molecular complexity index is 527. The van der Waals surface area contributed by atoms with Crippen molar-refractivity contribution in [2.45, 2.75) is 19.5 Å². The van der Waals surface area contributed by atoms with Crippen molar-refractivity contribution in [3.8, 4) is 5.75 Å². The van der Waals surface area contributed by atoms with Gasteiger partial charge in [-0.25, -0.2) is 0 Å². The Labute approximate surface area is 112 Å². The van der Waals surface area contributed by atoms with E-state index in [9.17, 15) is 5.11 Å². The molecule has 2 nitrogen and oxygen atoms in total. The average molecular weight is 262 g/mol. The number of phenolic OH excluding ortho intramolecular Hbond substituents is 1. The zero-order valence-electron chi connectivity index (χ0n) is 10.2. The number of hydrogen-bond acceptors (Lipinski definition) is 2. The minimum absolute atomic E-state index is 0.168. The highest BCUT2D eigenvalue weighted by atomic mass is 35.5. The lowest BCUT2D eigenvalue weighted by atomic mass is 10.1. The summed E-state index contributed by atoms with van der Waals surface area (Å²) in [4.78, 5) is 0. The summed E-state index contributed by atoms with van der Waals surface area (Å²) >= 11 is 6.15. The number of nitrogens with one attached hydrogen (secondary N) is 1. The molecular weight excluding hydrogens is 246 g/mol. The van der Waals surface area contributed by atoms with Gasteiger partial charge in [0.1, 0.15) is 5.75 Å². The van der Waals surface area contributed by atoms with E-state index in [1.54, 1.807) is 12.1 Å². The number of rotatable bonds is 4. The first kappa shape index (κ1) is 12.9. The Balaban J connectivity index is 2.00. The van der Waals surface area contributed by atoms with Crippen LogP contribution >= 0.6 is 11.6 Å². The molecular formula is C15H16ClNO. The maximum absolute atomic E-state index is 9.39. The van der Waals surface area contributed by atoms with E-state index in [-0.39, 0.29) is 6.04 Å². The van der Waals surface area contributed by atoms with Gasteiger partial charge in [-0.15, -0.1) is 0 Å². The predicted molar refractivity (Wildman–Crippen MR) is 74.8 cm³/mol. The van der Waals surface area contributed by atoms with Crippen LogP contribution in [0.5, 0.6) is 5.75 Å². The summed E-state index contributed by atoms with van der Waals surface area (Å²) in [5.74, 6) is 0.291. The van der Waals surface area contributed by atoms with Crippen LogP contribution in [0.25, 0.3) is 0 Å². The van der Waals surface area contributed by atoms with Gasteiger partial charge in [-0.1, -0.05) is 41.9 Å². The van der Waals surface area contributed by atoms with Crippen LogP contribution in [-0.4, -0.2) is 5.11 Å². The highest BCUT2D eigenvalue weighted by Gasteiger charge is 2.08. The Kier molecular flexibility index (Phi) is 4.24. The molecule has 0 aliphatic heterocycles. The zero-order valence-corrected chi connectivity index (χ0v) is 11.0. The second-order valence-electron chi connectivity index (χ2n) is 4.29. The summed E-state index contributed by atoms with van der Waals surface area (Å²) < 4.78 is 0. The summed E-state index contributed by atoms with van der Waals surface area (Å²) in [7, 11) is 0. The molecule has 2 aromatic carbocycles. The summed E-state index contributed by atoms with van der Waals surface area (Å²) in [6.07, 6.45) is 0. The molecule has 0 aliphatic carbocycles. The fraction of sp³-hybridized carbons (Fsp3) is 0.200. The standard InChI is InChI=1S/C15H16ClNO/c1-11(14-7-2-3-8-15(14)16)17-10-12-5-4-6-13(18)9-12/h2-9,11,17-18H,10H2,1H3/t11-/m1/s1. The van der Waals surface area contributed by atoms with Gasteiger partial charge in [-0.05, 0) is 36.2 Å². The lowest BCUT2D eigenvalue weighted by Gasteiger charge is -2.15. The van der Waals surface area contributed by atoms with Crippen molar-refractivity contribution in [1.29, 1.82) is 0 Å². The molecule has 0 aromatic heterocycles. The van der Waals surface area contributed by atoms with Gasteiger partial charge in [0.2, 0.25) is 0 Å². The van der Waals surface area contributed by atoms with Crippen LogP contribution in [0.2, 0.25) is 5.02 Å². The van der Waals surface area contributed by atoms with Gasteiger partial charge in [0, 0.05) is 17.6 Å². The molecule has 3 heteroatoms. The molecule has 2 rings (SSSR count). The van der Waals surface area contributed by atoms with Crippen molar-refractivity contribution in [1.82, 2.24) is 5.32 Å². The van der Waals surface area contributed by atoms with Crippen molar-refractivity contribution < 1.29 is 5.11 Å². The van der Waals surface area contributed by atoms with Crippen LogP contribution < -0.4 is 5.32 Å². The molecule has 0 heterocycles. The van der Waals surface area contributed by atoms with E-state index >= 15 is 0 Å². The van der Waals surface area contributed by atoms with E-state index in [1.165, 1.54) is 0 Å². The summed E-state index contributed by atoms with van der Waals surface area (Å²) in [6.45, 7) is 2.77. The first-order chi connectivity index (χ1) is 8.66. The largest absolute Gasteiger partial charge is 0.508 e. The molecule has 0 saturated heterocycles. The molecule has 0 saturated carbocycles. The van der Waals surface area contributed by atoms with Crippen LogP contribution in [0.15, 0.2) is 48.5 Å². The second-order valence-corrected chi connectivity index (χ2v) is 4.70. The highest BCUT2D eigenvalue weighted by Crippen LogP contribution is 2.22. The van der Waals surface area contributed by atoms with Gasteiger partial charge in [0.15, 0.2) is 0 Å². The normalized spacial score (nSPS) is 12.3. The molecule has 18 heavy (non-hydrogen) atoms. The SMILES string of the molecule is C[C@@H](NCc1cccc(O)c1)c1ccccc1Cl. The molecule has 0 radical (unpaired) electrons. The van der Waals surface area contributed by atoms with Gasteiger partial charge < -0.3 is 10.4 Å². The van der Waals surface area contributed by atoms with E-state index in [2.05, 4.69) is 12.2 Å². The first-order valence-corrected chi connectivity index (χ1v) is 6.30. The number of benzene rings is 2. The molecule has 0 unspecified atom stereocenters. The Hall–Kier alpha value is -1.51. The average Bonchev–Trinajstić information content (AvgIpc) is 2.37. The maximum atomic E-state index is 9.39. The molecule has 2 N–H and O–H groups in total. The molecule has 94 valence electrons. The molecule has 0 aliphatic rings. The lowest BCUT2D eigenvalue weighted by Crippen LogP contribution is -2.18. The molecule has 0 amide bonds. The van der Waals surface area contributed by atoms with Crippen molar-refractivity contribution in [2.75, 3.05) is 0 Å². The van der Waals surface area contributed by atoms with Gasteiger partial charge in [0.25, 0.3) is 0 Å². The third-order valence-corrected chi connectivity index (χ3v) is 3.24. The third kappa shape index (κ3) is 3.25. The van der Waals surface area contributed by atoms with Gasteiger partial charge >= 0.3 is 0 Å². The monoisotopic (exact) mass is 261 g/mol.